The molecule has 4 aromatic rings. The van der Waals surface area contributed by atoms with Gasteiger partial charge in [-0.25, -0.2) is 19.9 Å². The van der Waals surface area contributed by atoms with Crippen molar-refractivity contribution in [2.24, 2.45) is 0 Å². The van der Waals surface area contributed by atoms with Crippen LogP contribution in [0.25, 0.3) is 0 Å². The molecule has 4 rings (SSSR count). The molecule has 0 bridgehead atoms. The van der Waals surface area contributed by atoms with Gasteiger partial charge in [0.15, 0.2) is 0 Å². The first-order chi connectivity index (χ1) is 18.1. The zero-order chi connectivity index (χ0) is 27.7. The number of anilines is 5. The molecule has 0 atom stereocenters. The maximum atomic E-state index is 11.6. The molecule has 10 heteroatoms. The van der Waals surface area contributed by atoms with Crippen molar-refractivity contribution in [3.63, 3.8) is 0 Å². The molecule has 2 amide bonds. The second-order valence-corrected chi connectivity index (χ2v) is 8.61. The third-order valence-corrected chi connectivity index (χ3v) is 5.37. The molecule has 0 aliphatic carbocycles. The van der Waals surface area contributed by atoms with Gasteiger partial charge >= 0.3 is 0 Å². The lowest BCUT2D eigenvalue weighted by Gasteiger charge is -2.10. The SMILES string of the molecule is CC(=O)Nc1ccc(C)c(Nc2nccc(C)n2)c1.CNC(=O)c1ccc(C)c(Nc2nccc(C)n2)c1. The lowest BCUT2D eigenvalue weighted by atomic mass is 10.1. The van der Waals surface area contributed by atoms with E-state index in [0.29, 0.717) is 17.5 Å². The topological polar surface area (TPSA) is 134 Å². The van der Waals surface area contributed by atoms with E-state index in [1.807, 2.05) is 64.1 Å². The smallest absolute Gasteiger partial charge is 0.251 e. The van der Waals surface area contributed by atoms with E-state index in [1.54, 1.807) is 31.6 Å². The highest BCUT2D eigenvalue weighted by atomic mass is 16.2. The van der Waals surface area contributed by atoms with Crippen LogP contribution in [0, 0.1) is 27.7 Å². The summed E-state index contributed by atoms with van der Waals surface area (Å²) in [5.74, 6) is 0.857. The summed E-state index contributed by atoms with van der Waals surface area (Å²) in [4.78, 5) is 39.5. The van der Waals surface area contributed by atoms with Gasteiger partial charge in [-0.05, 0) is 75.2 Å². The minimum Gasteiger partial charge on any atom is -0.355 e. The highest BCUT2D eigenvalue weighted by Crippen LogP contribution is 2.23. The van der Waals surface area contributed by atoms with E-state index < -0.39 is 0 Å². The van der Waals surface area contributed by atoms with Gasteiger partial charge in [-0.1, -0.05) is 12.1 Å². The normalized spacial score (nSPS) is 10.1. The van der Waals surface area contributed by atoms with Crippen molar-refractivity contribution in [1.29, 1.82) is 0 Å². The Balaban J connectivity index is 0.000000211. The number of aryl methyl sites for hydroxylation is 4. The number of rotatable bonds is 6. The fourth-order valence-electron chi connectivity index (χ4n) is 3.34. The molecule has 0 saturated heterocycles. The molecule has 2 aromatic heterocycles. The molecule has 10 nitrogen and oxygen atoms in total. The van der Waals surface area contributed by atoms with E-state index in [4.69, 9.17) is 0 Å². The molecule has 4 N–H and O–H groups in total. The van der Waals surface area contributed by atoms with Gasteiger partial charge < -0.3 is 21.3 Å². The number of hydrogen-bond donors (Lipinski definition) is 4. The quantitative estimate of drug-likeness (QED) is 0.284. The minimum atomic E-state index is -0.117. The van der Waals surface area contributed by atoms with Crippen molar-refractivity contribution in [3.8, 4) is 0 Å². The van der Waals surface area contributed by atoms with Crippen molar-refractivity contribution in [2.75, 3.05) is 23.0 Å². The van der Waals surface area contributed by atoms with E-state index in [-0.39, 0.29) is 11.8 Å². The minimum absolute atomic E-state index is 0.0957. The lowest BCUT2D eigenvalue weighted by molar-refractivity contribution is -0.114. The molecule has 38 heavy (non-hydrogen) atoms. The van der Waals surface area contributed by atoms with E-state index in [9.17, 15) is 9.59 Å². The van der Waals surface area contributed by atoms with Crippen LogP contribution in [0.4, 0.5) is 29.0 Å². The number of aromatic nitrogens is 4. The Morgan fingerprint density at radius 3 is 1.74 bits per heavy atom. The van der Waals surface area contributed by atoms with Crippen LogP contribution in [-0.4, -0.2) is 38.8 Å². The van der Waals surface area contributed by atoms with Gasteiger partial charge in [-0.2, -0.15) is 0 Å². The predicted octanol–water partition coefficient (Wildman–Crippen LogP) is 4.99. The Morgan fingerprint density at radius 1 is 0.711 bits per heavy atom. The molecule has 0 saturated carbocycles. The van der Waals surface area contributed by atoms with Crippen molar-refractivity contribution in [3.05, 3.63) is 89.0 Å². The molecule has 196 valence electrons. The third-order valence-electron chi connectivity index (χ3n) is 5.37. The highest BCUT2D eigenvalue weighted by molar-refractivity contribution is 5.95. The number of amides is 2. The average molecular weight is 513 g/mol. The van der Waals surface area contributed by atoms with Crippen LogP contribution in [0.15, 0.2) is 60.9 Å². The standard InChI is InChI=1S/2C14H16N4O/c1-9-4-5-11(13(19)15-3)8-12(9)18-14-16-7-6-10(2)17-14;1-9-4-5-12(17-11(3)19)8-13(9)18-14-15-7-6-10(2)16-14/h4-8H,1-3H3,(H,15,19)(H,16,17,18);4-8H,1-3H3,(H,17,19)(H,15,16,18). The number of benzene rings is 2. The molecule has 0 aliphatic heterocycles. The third kappa shape index (κ3) is 8.09. The van der Waals surface area contributed by atoms with E-state index in [2.05, 4.69) is 41.2 Å². The second-order valence-electron chi connectivity index (χ2n) is 8.61. The van der Waals surface area contributed by atoms with Crippen molar-refractivity contribution in [1.82, 2.24) is 25.3 Å². The Morgan fingerprint density at radius 2 is 1.24 bits per heavy atom. The van der Waals surface area contributed by atoms with Crippen LogP contribution < -0.4 is 21.3 Å². The summed E-state index contributed by atoms with van der Waals surface area (Å²) in [6.45, 7) is 9.24. The Bertz CT molecular complexity index is 1440. The average Bonchev–Trinajstić information content (AvgIpc) is 2.87. The van der Waals surface area contributed by atoms with Gasteiger partial charge in [0.05, 0.1) is 0 Å². The van der Waals surface area contributed by atoms with Gasteiger partial charge in [0, 0.05) is 60.4 Å². The monoisotopic (exact) mass is 512 g/mol. The summed E-state index contributed by atoms with van der Waals surface area (Å²) < 4.78 is 0. The summed E-state index contributed by atoms with van der Waals surface area (Å²) in [7, 11) is 1.61. The molecule has 0 radical (unpaired) electrons. The zero-order valence-electron chi connectivity index (χ0n) is 22.4. The number of carbonyl (C=O) groups is 2. The largest absolute Gasteiger partial charge is 0.355 e. The summed E-state index contributed by atoms with van der Waals surface area (Å²) >= 11 is 0. The van der Waals surface area contributed by atoms with Crippen LogP contribution in [0.1, 0.15) is 39.8 Å². The van der Waals surface area contributed by atoms with E-state index >= 15 is 0 Å². The molecule has 0 spiro atoms. The van der Waals surface area contributed by atoms with Crippen molar-refractivity contribution < 1.29 is 9.59 Å². The number of hydrogen-bond acceptors (Lipinski definition) is 8. The van der Waals surface area contributed by atoms with E-state index in [0.717, 1.165) is 39.6 Å². The van der Waals surface area contributed by atoms with Crippen molar-refractivity contribution in [2.45, 2.75) is 34.6 Å². The molecule has 2 heterocycles. The van der Waals surface area contributed by atoms with Gasteiger partial charge in [0.2, 0.25) is 17.8 Å². The Hall–Kier alpha value is -4.86. The lowest BCUT2D eigenvalue weighted by Crippen LogP contribution is -2.17. The van der Waals surface area contributed by atoms with Crippen molar-refractivity contribution >= 4 is 40.8 Å². The molecule has 0 fully saturated rings. The van der Waals surface area contributed by atoms with Gasteiger partial charge in [0.1, 0.15) is 0 Å². The molecule has 0 aliphatic rings. The first-order valence-electron chi connectivity index (χ1n) is 12.0. The Labute approximate surface area is 222 Å². The van der Waals surface area contributed by atoms with Crippen LogP contribution in [0.5, 0.6) is 0 Å². The first-order valence-corrected chi connectivity index (χ1v) is 12.0. The van der Waals surface area contributed by atoms with Crippen LogP contribution in [0.3, 0.4) is 0 Å². The fraction of sp³-hybridized carbons (Fsp3) is 0.214. The predicted molar refractivity (Wildman–Crippen MR) is 150 cm³/mol. The molecular weight excluding hydrogens is 480 g/mol. The molecular formula is C28H32N8O2. The Kier molecular flexibility index (Phi) is 9.42. The summed E-state index contributed by atoms with van der Waals surface area (Å²) in [6, 6.07) is 14.8. The molecule has 0 unspecified atom stereocenters. The van der Waals surface area contributed by atoms with Crippen LogP contribution in [0.2, 0.25) is 0 Å². The highest BCUT2D eigenvalue weighted by Gasteiger charge is 2.08. The number of nitrogens with one attached hydrogen (secondary N) is 4. The summed E-state index contributed by atoms with van der Waals surface area (Å²) in [5.41, 5.74) is 6.91. The first kappa shape index (κ1) is 27.7. The number of nitrogens with zero attached hydrogens (tertiary/aromatic N) is 4. The maximum absolute atomic E-state index is 11.6. The zero-order valence-corrected chi connectivity index (χ0v) is 22.4. The summed E-state index contributed by atoms with van der Waals surface area (Å²) in [6.07, 6.45) is 3.40. The van der Waals surface area contributed by atoms with Gasteiger partial charge in [-0.3, -0.25) is 9.59 Å². The number of carbonyl (C=O) groups excluding carboxylic acids is 2. The molecule has 2 aromatic carbocycles. The van der Waals surface area contributed by atoms with Crippen LogP contribution in [-0.2, 0) is 4.79 Å². The summed E-state index contributed by atoms with van der Waals surface area (Å²) in [5, 5.41) is 11.6. The fourth-order valence-corrected chi connectivity index (χ4v) is 3.34. The van der Waals surface area contributed by atoms with Crippen LogP contribution >= 0.6 is 0 Å². The van der Waals surface area contributed by atoms with Gasteiger partial charge in [-0.15, -0.1) is 0 Å². The van der Waals surface area contributed by atoms with E-state index in [1.165, 1.54) is 6.92 Å². The van der Waals surface area contributed by atoms with Gasteiger partial charge in [0.25, 0.3) is 5.91 Å². The maximum Gasteiger partial charge on any atom is 0.251 e. The second kappa shape index (κ2) is 12.9.